The quantitative estimate of drug-likeness (QED) is 0.485. The number of hydrogen-bond acceptors (Lipinski definition) is 5. The lowest BCUT2D eigenvalue weighted by Crippen LogP contribution is -2.33. The third-order valence-electron chi connectivity index (χ3n) is 5.43. The van der Waals surface area contributed by atoms with Crippen molar-refractivity contribution in [1.82, 2.24) is 25.5 Å². The summed E-state index contributed by atoms with van der Waals surface area (Å²) in [7, 11) is 0. The maximum atomic E-state index is 13.3. The van der Waals surface area contributed by atoms with Crippen LogP contribution in [0.4, 0.5) is 4.39 Å². The number of aromatic amines is 1. The van der Waals surface area contributed by atoms with Crippen LogP contribution in [0.15, 0.2) is 60.9 Å². The van der Waals surface area contributed by atoms with Crippen molar-refractivity contribution in [2.45, 2.75) is 25.5 Å². The van der Waals surface area contributed by atoms with Gasteiger partial charge in [-0.05, 0) is 55.8 Å². The van der Waals surface area contributed by atoms with Crippen molar-refractivity contribution in [3.8, 4) is 11.3 Å². The molecule has 150 valence electrons. The number of H-pyrrole nitrogens is 1. The lowest BCUT2D eigenvalue weighted by atomic mass is 9.92. The Labute approximate surface area is 172 Å². The maximum absolute atomic E-state index is 13.3. The van der Waals surface area contributed by atoms with Gasteiger partial charge in [0.25, 0.3) is 0 Å². The fraction of sp³-hybridized carbons (Fsp3) is 0.174. The third kappa shape index (κ3) is 3.13. The molecule has 0 fully saturated rings. The zero-order valence-corrected chi connectivity index (χ0v) is 16.5. The molecule has 6 nitrogen and oxygen atoms in total. The van der Waals surface area contributed by atoms with Crippen LogP contribution in [0.5, 0.6) is 0 Å². The molecule has 0 radical (unpaired) electrons. The zero-order valence-electron chi connectivity index (χ0n) is 16.5. The van der Waals surface area contributed by atoms with Crippen molar-refractivity contribution in [1.29, 1.82) is 0 Å². The molecule has 30 heavy (non-hydrogen) atoms. The van der Waals surface area contributed by atoms with Crippen LogP contribution in [0, 0.1) is 12.7 Å². The van der Waals surface area contributed by atoms with Crippen LogP contribution in [-0.2, 0) is 0 Å². The smallest absolute Gasteiger partial charge is 0.181 e. The number of nitrogens with one attached hydrogen (secondary N) is 2. The molecule has 3 N–H and O–H groups in total. The summed E-state index contributed by atoms with van der Waals surface area (Å²) in [5, 5.41) is 22.6. The standard InChI is InChI=1S/C23H20FN5O/c1-13-9-15(7-8-25-13)20-18-10-16(12-26-22(18)29-28-20)19-11-23(2,30)21(27-19)14-3-5-17(24)6-4-14/h3-12,21,27,30H,1-2H3,(H,26,28,29). The number of aliphatic hydroxyl groups is 1. The highest BCUT2D eigenvalue weighted by Crippen LogP contribution is 2.38. The van der Waals surface area contributed by atoms with Crippen molar-refractivity contribution < 1.29 is 9.50 Å². The Kier molecular flexibility index (Phi) is 4.15. The molecular weight excluding hydrogens is 381 g/mol. The minimum absolute atomic E-state index is 0.307. The second-order valence-electron chi connectivity index (χ2n) is 7.79. The molecule has 4 heterocycles. The molecule has 2 unspecified atom stereocenters. The molecule has 4 aromatic rings. The van der Waals surface area contributed by atoms with Gasteiger partial charge in [0, 0.05) is 40.3 Å². The number of benzene rings is 1. The molecule has 2 atom stereocenters. The van der Waals surface area contributed by atoms with E-state index in [9.17, 15) is 9.50 Å². The van der Waals surface area contributed by atoms with E-state index in [1.807, 2.05) is 25.1 Å². The fourth-order valence-corrected chi connectivity index (χ4v) is 3.93. The third-order valence-corrected chi connectivity index (χ3v) is 5.43. The van der Waals surface area contributed by atoms with E-state index in [4.69, 9.17) is 0 Å². The first kappa shape index (κ1) is 18.4. The summed E-state index contributed by atoms with van der Waals surface area (Å²) in [6, 6.07) is 11.7. The molecular formula is C23H20FN5O. The molecule has 1 aromatic carbocycles. The Morgan fingerprint density at radius 3 is 2.63 bits per heavy atom. The topological polar surface area (TPSA) is 86.7 Å². The second kappa shape index (κ2) is 6.74. The van der Waals surface area contributed by atoms with Gasteiger partial charge in [-0.15, -0.1) is 0 Å². The fourth-order valence-electron chi connectivity index (χ4n) is 3.93. The van der Waals surface area contributed by atoms with Crippen LogP contribution < -0.4 is 5.32 Å². The summed E-state index contributed by atoms with van der Waals surface area (Å²) in [5.74, 6) is -0.307. The predicted octanol–water partition coefficient (Wildman–Crippen LogP) is 3.90. The SMILES string of the molecule is Cc1cc(-c2[nH]nc3ncc(C4=CC(C)(O)C(c5ccc(F)cc5)N4)cc23)ccn1. The Morgan fingerprint density at radius 2 is 1.87 bits per heavy atom. The minimum atomic E-state index is -1.14. The van der Waals surface area contributed by atoms with Crippen molar-refractivity contribution in [3.63, 3.8) is 0 Å². The molecule has 0 amide bonds. The highest BCUT2D eigenvalue weighted by atomic mass is 19.1. The number of hydrogen-bond donors (Lipinski definition) is 3. The highest BCUT2D eigenvalue weighted by molar-refractivity contribution is 5.92. The van der Waals surface area contributed by atoms with Crippen LogP contribution in [0.25, 0.3) is 28.0 Å². The van der Waals surface area contributed by atoms with E-state index in [1.54, 1.807) is 37.5 Å². The maximum Gasteiger partial charge on any atom is 0.181 e. The van der Waals surface area contributed by atoms with Gasteiger partial charge in [0.2, 0.25) is 0 Å². The molecule has 0 aliphatic carbocycles. The van der Waals surface area contributed by atoms with E-state index in [1.165, 1.54) is 12.1 Å². The van der Waals surface area contributed by atoms with Gasteiger partial charge in [-0.1, -0.05) is 12.1 Å². The number of halogens is 1. The van der Waals surface area contributed by atoms with E-state index in [2.05, 4.69) is 25.5 Å². The molecule has 1 aliphatic rings. The average molecular weight is 401 g/mol. The molecule has 7 heteroatoms. The lowest BCUT2D eigenvalue weighted by Gasteiger charge is -2.25. The summed E-state index contributed by atoms with van der Waals surface area (Å²) in [6.07, 6.45) is 5.27. The number of aromatic nitrogens is 4. The van der Waals surface area contributed by atoms with Gasteiger partial charge in [-0.25, -0.2) is 9.37 Å². The Morgan fingerprint density at radius 1 is 1.07 bits per heavy atom. The van der Waals surface area contributed by atoms with E-state index in [0.29, 0.717) is 5.65 Å². The first-order chi connectivity index (χ1) is 14.4. The van der Waals surface area contributed by atoms with Crippen LogP contribution in [0.2, 0.25) is 0 Å². The summed E-state index contributed by atoms with van der Waals surface area (Å²) < 4.78 is 13.3. The van der Waals surface area contributed by atoms with E-state index < -0.39 is 11.6 Å². The number of pyridine rings is 2. The van der Waals surface area contributed by atoms with Crippen molar-refractivity contribution in [2.75, 3.05) is 0 Å². The van der Waals surface area contributed by atoms with Gasteiger partial charge in [0.1, 0.15) is 11.4 Å². The lowest BCUT2D eigenvalue weighted by molar-refractivity contribution is 0.0836. The van der Waals surface area contributed by atoms with Gasteiger partial charge < -0.3 is 10.4 Å². The second-order valence-corrected chi connectivity index (χ2v) is 7.79. The normalized spacial score (nSPS) is 20.9. The molecule has 0 saturated heterocycles. The summed E-state index contributed by atoms with van der Waals surface area (Å²) in [6.45, 7) is 3.67. The van der Waals surface area contributed by atoms with Gasteiger partial charge in [-0.3, -0.25) is 10.1 Å². The van der Waals surface area contributed by atoms with E-state index in [-0.39, 0.29) is 5.82 Å². The monoisotopic (exact) mass is 401 g/mol. The Hall–Kier alpha value is -3.58. The molecule has 0 saturated carbocycles. The van der Waals surface area contributed by atoms with E-state index in [0.717, 1.165) is 39.2 Å². The van der Waals surface area contributed by atoms with Crippen LogP contribution >= 0.6 is 0 Å². The zero-order chi connectivity index (χ0) is 20.9. The average Bonchev–Trinajstić information content (AvgIpc) is 3.28. The van der Waals surface area contributed by atoms with Crippen LogP contribution in [0.3, 0.4) is 0 Å². The van der Waals surface area contributed by atoms with E-state index >= 15 is 0 Å². The van der Waals surface area contributed by atoms with Gasteiger partial charge >= 0.3 is 0 Å². The van der Waals surface area contributed by atoms with Crippen molar-refractivity contribution in [3.05, 3.63) is 83.6 Å². The molecule has 0 spiro atoms. The summed E-state index contributed by atoms with van der Waals surface area (Å²) in [5.41, 5.74) is 4.64. The molecule has 1 aliphatic heterocycles. The first-order valence-corrected chi connectivity index (χ1v) is 9.65. The Bertz CT molecular complexity index is 1280. The number of nitrogens with zero attached hydrogens (tertiary/aromatic N) is 3. The number of aryl methyl sites for hydroxylation is 1. The van der Waals surface area contributed by atoms with Gasteiger partial charge in [0.15, 0.2) is 5.65 Å². The minimum Gasteiger partial charge on any atom is -0.383 e. The van der Waals surface area contributed by atoms with Gasteiger partial charge in [-0.2, -0.15) is 5.10 Å². The van der Waals surface area contributed by atoms with Gasteiger partial charge in [0.05, 0.1) is 11.7 Å². The largest absolute Gasteiger partial charge is 0.383 e. The molecule has 3 aromatic heterocycles. The molecule has 0 bridgehead atoms. The Balaban J connectivity index is 1.53. The number of rotatable bonds is 3. The van der Waals surface area contributed by atoms with Crippen molar-refractivity contribution in [2.24, 2.45) is 0 Å². The van der Waals surface area contributed by atoms with Crippen LogP contribution in [-0.4, -0.2) is 30.9 Å². The first-order valence-electron chi connectivity index (χ1n) is 9.65. The van der Waals surface area contributed by atoms with Crippen molar-refractivity contribution >= 4 is 16.7 Å². The number of fused-ring (bicyclic) bond motifs is 1. The van der Waals surface area contributed by atoms with Crippen LogP contribution in [0.1, 0.15) is 29.8 Å². The predicted molar refractivity (Wildman–Crippen MR) is 113 cm³/mol. The highest BCUT2D eigenvalue weighted by Gasteiger charge is 2.37. The summed E-state index contributed by atoms with van der Waals surface area (Å²) >= 11 is 0. The summed E-state index contributed by atoms with van der Waals surface area (Å²) in [4.78, 5) is 8.73. The molecule has 5 rings (SSSR count).